The maximum atomic E-state index is 9.36. The van der Waals surface area contributed by atoms with E-state index in [2.05, 4.69) is 4.90 Å². The summed E-state index contributed by atoms with van der Waals surface area (Å²) in [5.41, 5.74) is 7.56. The van der Waals surface area contributed by atoms with E-state index in [1.54, 1.807) is 0 Å². The van der Waals surface area contributed by atoms with Gasteiger partial charge in [0.15, 0.2) is 0 Å². The molecule has 0 bridgehead atoms. The van der Waals surface area contributed by atoms with E-state index in [0.717, 1.165) is 24.2 Å². The summed E-state index contributed by atoms with van der Waals surface area (Å²) in [6.45, 7) is 6.41. The van der Waals surface area contributed by atoms with Crippen LogP contribution in [0.4, 0.5) is 0 Å². The van der Waals surface area contributed by atoms with Gasteiger partial charge in [0, 0.05) is 25.2 Å². The minimum Gasteiger partial charge on any atom is -0.394 e. The summed E-state index contributed by atoms with van der Waals surface area (Å²) >= 11 is 5.10. The van der Waals surface area contributed by atoms with Gasteiger partial charge in [-0.1, -0.05) is 36.5 Å². The van der Waals surface area contributed by atoms with Crippen molar-refractivity contribution in [1.29, 1.82) is 0 Å². The summed E-state index contributed by atoms with van der Waals surface area (Å²) in [5.74, 6) is 0. The molecule has 0 spiro atoms. The van der Waals surface area contributed by atoms with Crippen LogP contribution in [0.5, 0.6) is 0 Å². The van der Waals surface area contributed by atoms with Crippen LogP contribution >= 0.6 is 12.2 Å². The van der Waals surface area contributed by atoms with Crippen LogP contribution in [0.1, 0.15) is 25.0 Å². The van der Waals surface area contributed by atoms with Gasteiger partial charge in [0.25, 0.3) is 0 Å². The van der Waals surface area contributed by atoms with E-state index in [1.165, 1.54) is 0 Å². The van der Waals surface area contributed by atoms with Crippen molar-refractivity contribution in [2.75, 3.05) is 19.7 Å². The number of aliphatic hydroxyl groups is 1. The van der Waals surface area contributed by atoms with E-state index in [0.29, 0.717) is 11.5 Å². The lowest BCUT2D eigenvalue weighted by Crippen LogP contribution is -2.53. The predicted molar refractivity (Wildman–Crippen MR) is 83.6 cm³/mol. The lowest BCUT2D eigenvalue weighted by Gasteiger charge is -2.42. The van der Waals surface area contributed by atoms with E-state index >= 15 is 0 Å². The van der Waals surface area contributed by atoms with Gasteiger partial charge in [0.05, 0.1) is 18.3 Å². The summed E-state index contributed by atoms with van der Waals surface area (Å²) in [4.78, 5) is 2.70. The van der Waals surface area contributed by atoms with Gasteiger partial charge in [-0.3, -0.25) is 4.90 Å². The van der Waals surface area contributed by atoms with Crippen molar-refractivity contribution in [1.82, 2.24) is 4.90 Å². The number of hydrogen-bond donors (Lipinski definition) is 2. The van der Waals surface area contributed by atoms with Gasteiger partial charge in [0.1, 0.15) is 4.99 Å². The molecule has 0 aromatic heterocycles. The molecule has 1 atom stereocenters. The monoisotopic (exact) mass is 294 g/mol. The van der Waals surface area contributed by atoms with Crippen molar-refractivity contribution in [2.24, 2.45) is 5.73 Å². The normalized spacial score (nSPS) is 22.6. The molecule has 1 aliphatic heterocycles. The van der Waals surface area contributed by atoms with Gasteiger partial charge < -0.3 is 15.6 Å². The Balaban J connectivity index is 2.15. The van der Waals surface area contributed by atoms with E-state index in [1.807, 2.05) is 38.1 Å². The fourth-order valence-electron chi connectivity index (χ4n) is 2.77. The first-order chi connectivity index (χ1) is 9.41. The summed E-state index contributed by atoms with van der Waals surface area (Å²) < 4.78 is 5.83. The van der Waals surface area contributed by atoms with Crippen LogP contribution in [-0.2, 0) is 11.3 Å². The Labute approximate surface area is 125 Å². The lowest BCUT2D eigenvalue weighted by molar-refractivity contribution is -0.150. The highest BCUT2D eigenvalue weighted by Gasteiger charge is 2.33. The smallest absolute Gasteiger partial charge is 0.104 e. The molecule has 3 N–H and O–H groups in total. The topological polar surface area (TPSA) is 58.7 Å². The van der Waals surface area contributed by atoms with Crippen LogP contribution in [-0.4, -0.2) is 46.4 Å². The Hall–Kier alpha value is -1.01. The summed E-state index contributed by atoms with van der Waals surface area (Å²) in [5, 5.41) is 9.36. The van der Waals surface area contributed by atoms with Crippen LogP contribution < -0.4 is 5.73 Å². The molecule has 0 radical (unpaired) electrons. The van der Waals surface area contributed by atoms with Crippen molar-refractivity contribution < 1.29 is 9.84 Å². The molecule has 4 nitrogen and oxygen atoms in total. The second kappa shape index (κ2) is 6.18. The SMILES string of the molecule is CC1(C)CN(Cc2ccccc2C(N)=S)CC(CO)O1. The number of morpholine rings is 1. The maximum absolute atomic E-state index is 9.36. The molecule has 1 saturated heterocycles. The summed E-state index contributed by atoms with van der Waals surface area (Å²) in [7, 11) is 0. The third kappa shape index (κ3) is 3.76. The molecule has 1 fully saturated rings. The van der Waals surface area contributed by atoms with Crippen LogP contribution in [0.3, 0.4) is 0 Å². The van der Waals surface area contributed by atoms with Crippen LogP contribution in [0, 0.1) is 0 Å². The number of nitrogens with two attached hydrogens (primary N) is 1. The van der Waals surface area contributed by atoms with Gasteiger partial charge in [-0.25, -0.2) is 0 Å². The van der Waals surface area contributed by atoms with Gasteiger partial charge in [-0.2, -0.15) is 0 Å². The van der Waals surface area contributed by atoms with Gasteiger partial charge in [-0.05, 0) is 19.4 Å². The number of rotatable bonds is 4. The standard InChI is InChI=1S/C15H22N2O2S/c1-15(2)10-17(8-12(9-18)19-15)7-11-5-3-4-6-13(11)14(16)20/h3-6,12,18H,7-10H2,1-2H3,(H2,16,20). The fourth-order valence-corrected chi connectivity index (χ4v) is 2.97. The first-order valence-electron chi connectivity index (χ1n) is 6.80. The first kappa shape index (κ1) is 15.4. The lowest BCUT2D eigenvalue weighted by atomic mass is 10.0. The molecule has 110 valence electrons. The average Bonchev–Trinajstić information content (AvgIpc) is 2.37. The van der Waals surface area contributed by atoms with E-state index in [9.17, 15) is 5.11 Å². The van der Waals surface area contributed by atoms with Crippen molar-refractivity contribution in [3.63, 3.8) is 0 Å². The van der Waals surface area contributed by atoms with Crippen molar-refractivity contribution >= 4 is 17.2 Å². The zero-order valence-corrected chi connectivity index (χ0v) is 12.8. The Kier molecular flexibility index (Phi) is 4.75. The fraction of sp³-hybridized carbons (Fsp3) is 0.533. The number of hydrogen-bond acceptors (Lipinski definition) is 4. The Morgan fingerprint density at radius 1 is 1.50 bits per heavy atom. The predicted octanol–water partition coefficient (Wildman–Crippen LogP) is 1.29. The average molecular weight is 294 g/mol. The molecule has 0 amide bonds. The number of aliphatic hydroxyl groups excluding tert-OH is 1. The quantitative estimate of drug-likeness (QED) is 0.820. The third-order valence-corrected chi connectivity index (χ3v) is 3.65. The molecule has 1 aliphatic rings. The summed E-state index contributed by atoms with van der Waals surface area (Å²) in [6.07, 6.45) is -0.143. The van der Waals surface area contributed by atoms with Gasteiger partial charge in [-0.15, -0.1) is 0 Å². The molecule has 1 aromatic carbocycles. The second-order valence-electron chi connectivity index (χ2n) is 5.87. The van der Waals surface area contributed by atoms with Crippen LogP contribution in [0.2, 0.25) is 0 Å². The highest BCUT2D eigenvalue weighted by atomic mass is 32.1. The molecule has 0 saturated carbocycles. The Morgan fingerprint density at radius 3 is 2.85 bits per heavy atom. The maximum Gasteiger partial charge on any atom is 0.104 e. The van der Waals surface area contributed by atoms with Crippen molar-refractivity contribution in [2.45, 2.75) is 32.1 Å². The molecule has 5 heteroatoms. The molecule has 0 aliphatic carbocycles. The molecule has 1 unspecified atom stereocenters. The molecule has 1 heterocycles. The molecular weight excluding hydrogens is 272 g/mol. The number of benzene rings is 1. The number of ether oxygens (including phenoxy) is 1. The minimum atomic E-state index is -0.260. The van der Waals surface area contributed by atoms with E-state index in [4.69, 9.17) is 22.7 Å². The molecule has 2 rings (SSSR count). The third-order valence-electron chi connectivity index (χ3n) is 3.43. The Morgan fingerprint density at radius 2 is 2.20 bits per heavy atom. The van der Waals surface area contributed by atoms with Gasteiger partial charge >= 0.3 is 0 Å². The van der Waals surface area contributed by atoms with Crippen molar-refractivity contribution in [3.05, 3.63) is 35.4 Å². The highest BCUT2D eigenvalue weighted by molar-refractivity contribution is 7.80. The van der Waals surface area contributed by atoms with E-state index < -0.39 is 0 Å². The molecule has 20 heavy (non-hydrogen) atoms. The van der Waals surface area contributed by atoms with E-state index in [-0.39, 0.29) is 18.3 Å². The molecule has 1 aromatic rings. The minimum absolute atomic E-state index is 0.0386. The highest BCUT2D eigenvalue weighted by Crippen LogP contribution is 2.23. The number of thiocarbonyl (C=S) groups is 1. The largest absolute Gasteiger partial charge is 0.394 e. The summed E-state index contributed by atoms with van der Waals surface area (Å²) in [6, 6.07) is 7.93. The second-order valence-corrected chi connectivity index (χ2v) is 6.31. The van der Waals surface area contributed by atoms with Gasteiger partial charge in [0.2, 0.25) is 0 Å². The van der Waals surface area contributed by atoms with Crippen LogP contribution in [0.15, 0.2) is 24.3 Å². The zero-order chi connectivity index (χ0) is 14.8. The zero-order valence-electron chi connectivity index (χ0n) is 12.0. The first-order valence-corrected chi connectivity index (χ1v) is 7.21. The molecular formula is C15H22N2O2S. The Bertz CT molecular complexity index is 491. The van der Waals surface area contributed by atoms with Crippen LogP contribution in [0.25, 0.3) is 0 Å². The van der Waals surface area contributed by atoms with Crippen molar-refractivity contribution in [3.8, 4) is 0 Å². The number of nitrogens with zero attached hydrogens (tertiary/aromatic N) is 1.